The zero-order chi connectivity index (χ0) is 18.8. The summed E-state index contributed by atoms with van der Waals surface area (Å²) in [6.07, 6.45) is -1.60. The molecule has 11 nitrogen and oxygen atoms in total. The highest BCUT2D eigenvalue weighted by Crippen LogP contribution is 2.10. The van der Waals surface area contributed by atoms with Crippen molar-refractivity contribution in [1.82, 2.24) is 13.7 Å². The Balaban J connectivity index is 1.89. The Labute approximate surface area is 147 Å². The number of nitrogens with zero attached hydrogens (tertiary/aromatic N) is 3. The van der Waals surface area contributed by atoms with Crippen molar-refractivity contribution in [3.8, 4) is 0 Å². The topological polar surface area (TPSA) is 138 Å². The van der Waals surface area contributed by atoms with Crippen molar-refractivity contribution in [2.45, 2.75) is 51.3 Å². The van der Waals surface area contributed by atoms with Crippen LogP contribution in [0.4, 0.5) is 0 Å². The van der Waals surface area contributed by atoms with Gasteiger partial charge in [0.2, 0.25) is 0 Å². The lowest BCUT2D eigenvalue weighted by Crippen LogP contribution is -2.56. The molecule has 144 valence electrons. The Bertz CT molecular complexity index is 794. The fraction of sp³-hybridized carbons (Fsp3) is 0.733. The molecular formula is C15H21N3O8. The molecule has 3 atom stereocenters. The monoisotopic (exact) mass is 371 g/mol. The van der Waals surface area contributed by atoms with Gasteiger partial charge in [0.15, 0.2) is 0 Å². The third-order valence-corrected chi connectivity index (χ3v) is 4.08. The van der Waals surface area contributed by atoms with Crippen molar-refractivity contribution in [3.05, 3.63) is 31.5 Å². The van der Waals surface area contributed by atoms with E-state index in [1.165, 1.54) is 0 Å². The largest absolute Gasteiger partial charge is 0.463 e. The average Bonchev–Trinajstić information content (AvgIpc) is 3.52. The van der Waals surface area contributed by atoms with E-state index >= 15 is 0 Å². The summed E-state index contributed by atoms with van der Waals surface area (Å²) in [7, 11) is 0. The van der Waals surface area contributed by atoms with Crippen molar-refractivity contribution in [3.63, 3.8) is 0 Å². The van der Waals surface area contributed by atoms with Crippen molar-refractivity contribution in [1.29, 1.82) is 0 Å². The van der Waals surface area contributed by atoms with Gasteiger partial charge in [0, 0.05) is 6.42 Å². The first-order valence-corrected chi connectivity index (χ1v) is 8.42. The van der Waals surface area contributed by atoms with Crippen LogP contribution >= 0.6 is 0 Å². The minimum Gasteiger partial charge on any atom is -0.463 e. The van der Waals surface area contributed by atoms with Gasteiger partial charge in [-0.25, -0.2) is 28.1 Å². The summed E-state index contributed by atoms with van der Waals surface area (Å²) in [5.74, 6) is -0.504. The molecular weight excluding hydrogens is 350 g/mol. The maximum Gasteiger partial charge on any atom is 0.336 e. The molecule has 2 aliphatic rings. The second-order valence-electron chi connectivity index (χ2n) is 6.28. The minimum atomic E-state index is -1.26. The molecule has 0 amide bonds. The van der Waals surface area contributed by atoms with E-state index in [9.17, 15) is 24.3 Å². The van der Waals surface area contributed by atoms with Crippen molar-refractivity contribution in [2.24, 2.45) is 0 Å². The first-order chi connectivity index (χ1) is 12.4. The highest BCUT2D eigenvalue weighted by molar-refractivity contribution is 5.68. The Morgan fingerprint density at radius 3 is 1.96 bits per heavy atom. The molecule has 2 aliphatic heterocycles. The molecule has 1 N–H and O–H groups in total. The smallest absolute Gasteiger partial charge is 0.336 e. The first kappa shape index (κ1) is 18.5. The predicted molar refractivity (Wildman–Crippen MR) is 86.0 cm³/mol. The second-order valence-corrected chi connectivity index (χ2v) is 6.28. The molecule has 3 rings (SSSR count). The second kappa shape index (κ2) is 7.56. The lowest BCUT2D eigenvalue weighted by atomic mass is 10.3. The molecule has 26 heavy (non-hydrogen) atoms. The number of ether oxygens (including phenoxy) is 3. The molecule has 0 saturated carbocycles. The predicted octanol–water partition coefficient (Wildman–Crippen LogP) is -2.72. The molecule has 0 aliphatic carbocycles. The van der Waals surface area contributed by atoms with Gasteiger partial charge in [-0.3, -0.25) is 4.79 Å². The van der Waals surface area contributed by atoms with Gasteiger partial charge in [0.1, 0.15) is 12.7 Å². The summed E-state index contributed by atoms with van der Waals surface area (Å²) in [5, 5.41) is 10.0. The maximum atomic E-state index is 12.6. The number of epoxide rings is 2. The van der Waals surface area contributed by atoms with Gasteiger partial charge in [-0.05, 0) is 0 Å². The minimum absolute atomic E-state index is 0.0321. The number of hydrogen-bond donors (Lipinski definition) is 1. The lowest BCUT2D eigenvalue weighted by Gasteiger charge is -2.16. The summed E-state index contributed by atoms with van der Waals surface area (Å²) in [6, 6.07) is 0. The summed E-state index contributed by atoms with van der Waals surface area (Å²) in [6.45, 7) is 1.79. The zero-order valence-electron chi connectivity index (χ0n) is 14.3. The van der Waals surface area contributed by atoms with Crippen LogP contribution in [0.5, 0.6) is 0 Å². The quantitative estimate of drug-likeness (QED) is 0.365. The van der Waals surface area contributed by atoms with E-state index in [1.807, 2.05) is 0 Å². The SMILES string of the molecule is CCC(=O)OCC(O)Cn1c(=O)n(CC2CO2)c(=O)n(CC2CO2)c1=O. The van der Waals surface area contributed by atoms with Crippen LogP contribution < -0.4 is 17.1 Å². The van der Waals surface area contributed by atoms with Crippen LogP contribution in [0.2, 0.25) is 0 Å². The van der Waals surface area contributed by atoms with Crippen LogP contribution in [-0.4, -0.2) is 62.9 Å². The maximum absolute atomic E-state index is 12.6. The van der Waals surface area contributed by atoms with E-state index in [1.54, 1.807) is 6.92 Å². The van der Waals surface area contributed by atoms with Gasteiger partial charge >= 0.3 is 23.0 Å². The number of carbonyl (C=O) groups excluding carboxylic acids is 1. The van der Waals surface area contributed by atoms with Gasteiger partial charge in [-0.2, -0.15) is 0 Å². The number of rotatable bonds is 9. The van der Waals surface area contributed by atoms with Crippen LogP contribution in [-0.2, 0) is 38.6 Å². The molecule has 1 aromatic rings. The Morgan fingerprint density at radius 2 is 1.54 bits per heavy atom. The number of carbonyl (C=O) groups is 1. The van der Waals surface area contributed by atoms with Crippen molar-refractivity contribution >= 4 is 5.97 Å². The van der Waals surface area contributed by atoms with Crippen LogP contribution in [0.3, 0.4) is 0 Å². The average molecular weight is 371 g/mol. The number of aliphatic hydroxyl groups excluding tert-OH is 1. The summed E-state index contributed by atoms with van der Waals surface area (Å²) < 4.78 is 17.6. The molecule has 2 saturated heterocycles. The van der Waals surface area contributed by atoms with E-state index in [0.29, 0.717) is 13.2 Å². The summed E-state index contributed by atoms with van der Waals surface area (Å²) >= 11 is 0. The van der Waals surface area contributed by atoms with E-state index in [-0.39, 0.29) is 38.3 Å². The standard InChI is InChI=1S/C15H21N3O8/c1-2-12(20)26-6-9(19)3-16-13(21)17(4-10-7-24-10)15(23)18(14(16)22)5-11-8-25-11/h9-11,19H,2-8H2,1H3. The van der Waals surface area contributed by atoms with Crippen molar-refractivity contribution in [2.75, 3.05) is 19.8 Å². The number of aromatic nitrogens is 3. The van der Waals surface area contributed by atoms with E-state index in [2.05, 4.69) is 0 Å². The molecule has 0 spiro atoms. The van der Waals surface area contributed by atoms with Crippen LogP contribution in [0, 0.1) is 0 Å². The summed E-state index contributed by atoms with van der Waals surface area (Å²) in [4.78, 5) is 48.8. The molecule has 0 radical (unpaired) electrons. The zero-order valence-corrected chi connectivity index (χ0v) is 14.3. The van der Waals surface area contributed by atoms with E-state index in [4.69, 9.17) is 14.2 Å². The Hall–Kier alpha value is -2.24. The van der Waals surface area contributed by atoms with Gasteiger partial charge in [-0.1, -0.05) is 6.92 Å². The van der Waals surface area contributed by atoms with Gasteiger partial charge in [0.05, 0.1) is 45.1 Å². The molecule has 3 unspecified atom stereocenters. The van der Waals surface area contributed by atoms with Crippen LogP contribution in [0.25, 0.3) is 0 Å². The molecule has 11 heteroatoms. The Kier molecular flexibility index (Phi) is 5.39. The van der Waals surface area contributed by atoms with E-state index < -0.39 is 35.7 Å². The van der Waals surface area contributed by atoms with E-state index in [0.717, 1.165) is 13.7 Å². The molecule has 2 fully saturated rings. The van der Waals surface area contributed by atoms with Crippen molar-refractivity contribution < 1.29 is 24.1 Å². The highest BCUT2D eigenvalue weighted by atomic mass is 16.6. The third-order valence-electron chi connectivity index (χ3n) is 4.08. The summed E-state index contributed by atoms with van der Waals surface area (Å²) in [5.41, 5.74) is -2.39. The van der Waals surface area contributed by atoms with Gasteiger partial charge in [-0.15, -0.1) is 0 Å². The number of esters is 1. The number of aliphatic hydroxyl groups is 1. The highest BCUT2D eigenvalue weighted by Gasteiger charge is 2.29. The van der Waals surface area contributed by atoms with Gasteiger partial charge in [0.25, 0.3) is 0 Å². The lowest BCUT2D eigenvalue weighted by molar-refractivity contribution is -0.146. The fourth-order valence-electron chi connectivity index (χ4n) is 2.46. The first-order valence-electron chi connectivity index (χ1n) is 8.42. The normalized spacial score (nSPS) is 22.1. The molecule has 0 bridgehead atoms. The fourth-order valence-corrected chi connectivity index (χ4v) is 2.46. The molecule has 1 aromatic heterocycles. The molecule has 0 aromatic carbocycles. The number of hydrogen-bond acceptors (Lipinski definition) is 8. The Morgan fingerprint density at radius 1 is 1.08 bits per heavy atom. The third kappa shape index (κ3) is 4.29. The molecule has 3 heterocycles. The van der Waals surface area contributed by atoms with Gasteiger partial charge < -0.3 is 19.3 Å². The van der Waals surface area contributed by atoms with Crippen LogP contribution in [0.1, 0.15) is 13.3 Å². The van der Waals surface area contributed by atoms with Crippen LogP contribution in [0.15, 0.2) is 14.4 Å².